The lowest BCUT2D eigenvalue weighted by molar-refractivity contribution is 0.337. The molecule has 20 heavy (non-hydrogen) atoms. The van der Waals surface area contributed by atoms with Crippen LogP contribution in [0.5, 0.6) is 5.75 Å². The zero-order chi connectivity index (χ0) is 14.7. The Morgan fingerprint density at radius 2 is 1.90 bits per heavy atom. The van der Waals surface area contributed by atoms with Gasteiger partial charge >= 0.3 is 0 Å². The molecule has 0 aromatic heterocycles. The Morgan fingerprint density at radius 1 is 1.15 bits per heavy atom. The number of halogens is 3. The number of hydrogen-bond donors (Lipinski definition) is 0. The standard InChI is InChI=1S/C16H15Br2FO/c1-3-20-15-7-4-10(2)8-13(15)16(18)12-9-11(19)5-6-14(12)17/h4-9,16H,3H2,1-2H3. The minimum atomic E-state index is -0.252. The summed E-state index contributed by atoms with van der Waals surface area (Å²) in [5.41, 5.74) is 2.98. The van der Waals surface area contributed by atoms with Crippen LogP contribution in [-0.2, 0) is 0 Å². The molecule has 4 heteroatoms. The molecule has 0 aliphatic heterocycles. The van der Waals surface area contributed by atoms with E-state index in [-0.39, 0.29) is 10.6 Å². The van der Waals surface area contributed by atoms with Crippen molar-refractivity contribution in [1.82, 2.24) is 0 Å². The smallest absolute Gasteiger partial charge is 0.123 e. The summed E-state index contributed by atoms with van der Waals surface area (Å²) < 4.78 is 20.0. The van der Waals surface area contributed by atoms with E-state index in [2.05, 4.69) is 37.9 Å². The van der Waals surface area contributed by atoms with Crippen molar-refractivity contribution >= 4 is 31.9 Å². The maximum Gasteiger partial charge on any atom is 0.123 e. The highest BCUT2D eigenvalue weighted by Gasteiger charge is 2.18. The van der Waals surface area contributed by atoms with Gasteiger partial charge in [0.05, 0.1) is 11.4 Å². The third kappa shape index (κ3) is 3.41. The van der Waals surface area contributed by atoms with Crippen LogP contribution in [0.15, 0.2) is 40.9 Å². The van der Waals surface area contributed by atoms with Crippen LogP contribution in [0.2, 0.25) is 0 Å². The summed E-state index contributed by atoms with van der Waals surface area (Å²) in [5.74, 6) is 0.564. The Kier molecular flexibility index (Phi) is 5.22. The van der Waals surface area contributed by atoms with E-state index < -0.39 is 0 Å². The first-order valence-corrected chi connectivity index (χ1v) is 8.06. The molecule has 0 spiro atoms. The molecule has 2 rings (SSSR count). The van der Waals surface area contributed by atoms with E-state index in [4.69, 9.17) is 4.74 Å². The number of ether oxygens (including phenoxy) is 1. The first-order chi connectivity index (χ1) is 9.52. The molecule has 2 aromatic carbocycles. The molecule has 0 bridgehead atoms. The summed E-state index contributed by atoms with van der Waals surface area (Å²) in [5, 5.41) is 0. The number of rotatable bonds is 4. The van der Waals surface area contributed by atoms with Gasteiger partial charge in [0.15, 0.2) is 0 Å². The molecule has 1 nitrogen and oxygen atoms in total. The summed E-state index contributed by atoms with van der Waals surface area (Å²) >= 11 is 7.13. The SMILES string of the molecule is CCOc1ccc(C)cc1C(Br)c1cc(F)ccc1Br. The van der Waals surface area contributed by atoms with E-state index in [0.717, 1.165) is 26.9 Å². The molecule has 1 unspecified atom stereocenters. The Bertz CT molecular complexity index is 613. The second kappa shape index (κ2) is 6.72. The lowest BCUT2D eigenvalue weighted by Gasteiger charge is -2.17. The van der Waals surface area contributed by atoms with Gasteiger partial charge in [-0.15, -0.1) is 0 Å². The number of hydrogen-bond acceptors (Lipinski definition) is 1. The molecule has 0 fully saturated rings. The Labute approximate surface area is 135 Å². The summed E-state index contributed by atoms with van der Waals surface area (Å²) in [4.78, 5) is -0.131. The van der Waals surface area contributed by atoms with Crippen LogP contribution in [-0.4, -0.2) is 6.61 Å². The van der Waals surface area contributed by atoms with Crippen molar-refractivity contribution in [3.8, 4) is 5.75 Å². The molecule has 0 N–H and O–H groups in total. The van der Waals surface area contributed by atoms with E-state index in [1.165, 1.54) is 12.1 Å². The first kappa shape index (κ1) is 15.5. The molecule has 1 atom stereocenters. The van der Waals surface area contributed by atoms with Crippen LogP contribution >= 0.6 is 31.9 Å². The molecule has 0 aliphatic rings. The van der Waals surface area contributed by atoms with Crippen LogP contribution < -0.4 is 4.74 Å². The molecular formula is C16H15Br2FO. The highest BCUT2D eigenvalue weighted by Crippen LogP contribution is 2.40. The molecule has 106 valence electrons. The maximum atomic E-state index is 13.5. The van der Waals surface area contributed by atoms with Gasteiger partial charge in [-0.3, -0.25) is 0 Å². The predicted octanol–water partition coefficient (Wildman–Crippen LogP) is 5.78. The van der Waals surface area contributed by atoms with Gasteiger partial charge in [-0.2, -0.15) is 0 Å². The minimum Gasteiger partial charge on any atom is -0.494 e. The Balaban J connectivity index is 2.49. The first-order valence-electron chi connectivity index (χ1n) is 6.35. The fraction of sp³-hybridized carbons (Fsp3) is 0.250. The molecule has 0 heterocycles. The zero-order valence-corrected chi connectivity index (χ0v) is 14.5. The zero-order valence-electron chi connectivity index (χ0n) is 11.3. The number of benzene rings is 2. The lowest BCUT2D eigenvalue weighted by Crippen LogP contribution is -2.01. The van der Waals surface area contributed by atoms with Crippen molar-refractivity contribution in [3.63, 3.8) is 0 Å². The molecule has 0 saturated carbocycles. The maximum absolute atomic E-state index is 13.5. The fourth-order valence-electron chi connectivity index (χ4n) is 2.03. The Hall–Kier alpha value is -0.870. The van der Waals surface area contributed by atoms with E-state index >= 15 is 0 Å². The van der Waals surface area contributed by atoms with E-state index in [1.54, 1.807) is 6.07 Å². The highest BCUT2D eigenvalue weighted by atomic mass is 79.9. The highest BCUT2D eigenvalue weighted by molar-refractivity contribution is 9.11. The van der Waals surface area contributed by atoms with Gasteiger partial charge in [0.25, 0.3) is 0 Å². The van der Waals surface area contributed by atoms with Gasteiger partial charge in [-0.25, -0.2) is 4.39 Å². The lowest BCUT2D eigenvalue weighted by atomic mass is 10.0. The summed E-state index contributed by atoms with van der Waals surface area (Å²) in [6.07, 6.45) is 0. The Morgan fingerprint density at radius 3 is 2.60 bits per heavy atom. The quantitative estimate of drug-likeness (QED) is 0.590. The van der Waals surface area contributed by atoms with Crippen molar-refractivity contribution in [2.75, 3.05) is 6.61 Å². The average molecular weight is 402 g/mol. The molecule has 0 radical (unpaired) electrons. The number of aryl methyl sites for hydroxylation is 1. The molecule has 2 aromatic rings. The molecule has 0 aliphatic carbocycles. The van der Waals surface area contributed by atoms with Gasteiger partial charge in [0.1, 0.15) is 11.6 Å². The van der Waals surface area contributed by atoms with Crippen molar-refractivity contribution in [2.24, 2.45) is 0 Å². The van der Waals surface area contributed by atoms with Crippen LogP contribution in [0.25, 0.3) is 0 Å². The number of alkyl halides is 1. The van der Waals surface area contributed by atoms with Crippen molar-refractivity contribution in [2.45, 2.75) is 18.7 Å². The van der Waals surface area contributed by atoms with Crippen molar-refractivity contribution in [1.29, 1.82) is 0 Å². The van der Waals surface area contributed by atoms with Crippen LogP contribution in [0.1, 0.15) is 28.4 Å². The minimum absolute atomic E-state index is 0.131. The van der Waals surface area contributed by atoms with Gasteiger partial charge in [0.2, 0.25) is 0 Å². The van der Waals surface area contributed by atoms with Gasteiger partial charge in [-0.1, -0.05) is 49.6 Å². The molecule has 0 saturated heterocycles. The van der Waals surface area contributed by atoms with Crippen LogP contribution in [0.4, 0.5) is 4.39 Å². The topological polar surface area (TPSA) is 9.23 Å². The van der Waals surface area contributed by atoms with Crippen molar-refractivity contribution < 1.29 is 9.13 Å². The monoisotopic (exact) mass is 400 g/mol. The molecular weight excluding hydrogens is 387 g/mol. The fourth-order valence-corrected chi connectivity index (χ4v) is 3.55. The van der Waals surface area contributed by atoms with Crippen LogP contribution in [0, 0.1) is 12.7 Å². The molecule has 0 amide bonds. The van der Waals surface area contributed by atoms with E-state index in [1.807, 2.05) is 26.0 Å². The predicted molar refractivity (Wildman–Crippen MR) is 87.2 cm³/mol. The second-order valence-corrected chi connectivity index (χ2v) is 6.27. The average Bonchev–Trinajstić information content (AvgIpc) is 2.43. The third-order valence-corrected chi connectivity index (χ3v) is 4.68. The third-order valence-electron chi connectivity index (χ3n) is 2.97. The van der Waals surface area contributed by atoms with Crippen molar-refractivity contribution in [3.05, 3.63) is 63.4 Å². The van der Waals surface area contributed by atoms with Gasteiger partial charge < -0.3 is 4.74 Å². The normalized spacial score (nSPS) is 12.2. The summed E-state index contributed by atoms with van der Waals surface area (Å²) in [6, 6.07) is 10.7. The van der Waals surface area contributed by atoms with Crippen LogP contribution in [0.3, 0.4) is 0 Å². The van der Waals surface area contributed by atoms with Gasteiger partial charge in [-0.05, 0) is 43.7 Å². The van der Waals surface area contributed by atoms with E-state index in [0.29, 0.717) is 6.61 Å². The van der Waals surface area contributed by atoms with E-state index in [9.17, 15) is 4.39 Å². The van der Waals surface area contributed by atoms with Gasteiger partial charge in [0, 0.05) is 10.0 Å². The second-order valence-electron chi connectivity index (χ2n) is 4.50. The summed E-state index contributed by atoms with van der Waals surface area (Å²) in [7, 11) is 0. The largest absolute Gasteiger partial charge is 0.494 e. The summed E-state index contributed by atoms with van der Waals surface area (Å²) in [6.45, 7) is 4.57.